The van der Waals surface area contributed by atoms with Crippen LogP contribution in [0.5, 0.6) is 0 Å². The molecule has 0 aliphatic carbocycles. The predicted molar refractivity (Wildman–Crippen MR) is 44.2 cm³/mol. The van der Waals surface area contributed by atoms with Gasteiger partial charge in [-0.05, 0) is 23.7 Å². The molecule has 13 heavy (non-hydrogen) atoms. The number of halogens is 2. The molecule has 2 aromatic rings. The summed E-state index contributed by atoms with van der Waals surface area (Å²) < 4.78 is 17.1. The zero-order valence-corrected chi connectivity index (χ0v) is 7.01. The molecule has 1 aromatic carbocycles. The topological polar surface area (TPSA) is 43.1 Å². The lowest BCUT2D eigenvalue weighted by atomic mass is 10.2. The molecule has 0 saturated carbocycles. The summed E-state index contributed by atoms with van der Waals surface area (Å²) in [7, 11) is 0. The average molecular weight is 200 g/mol. The highest BCUT2D eigenvalue weighted by atomic mass is 35.5. The number of rotatable bonds is 1. The summed E-state index contributed by atoms with van der Waals surface area (Å²) in [5.41, 5.74) is 0.486. The number of hydrogen-bond donors (Lipinski definition) is 0. The number of nitrogens with zero attached hydrogens (tertiary/aromatic N) is 1. The van der Waals surface area contributed by atoms with E-state index < -0.39 is 11.4 Å². The van der Waals surface area contributed by atoms with E-state index in [2.05, 4.69) is 9.40 Å². The maximum atomic E-state index is 12.5. The Morgan fingerprint density at radius 1 is 1.54 bits per heavy atom. The summed E-state index contributed by atoms with van der Waals surface area (Å²) in [5, 5.41) is -0.693. The molecule has 66 valence electrons. The zero-order valence-electron chi connectivity index (χ0n) is 6.25. The maximum Gasteiger partial charge on any atom is 0.382 e. The van der Waals surface area contributed by atoms with Crippen molar-refractivity contribution in [3.8, 4) is 0 Å². The van der Waals surface area contributed by atoms with E-state index in [0.717, 1.165) is 0 Å². The second-order valence-electron chi connectivity index (χ2n) is 2.39. The quantitative estimate of drug-likeness (QED) is 0.662. The van der Waals surface area contributed by atoms with Crippen LogP contribution in [0.25, 0.3) is 11.1 Å². The third-order valence-electron chi connectivity index (χ3n) is 1.60. The van der Waals surface area contributed by atoms with Gasteiger partial charge in [-0.1, -0.05) is 6.07 Å². The highest BCUT2D eigenvalue weighted by Gasteiger charge is 2.12. The fraction of sp³-hybridized carbons (Fsp3) is 0. The first kappa shape index (κ1) is 8.19. The van der Waals surface area contributed by atoms with Crippen molar-refractivity contribution in [2.75, 3.05) is 0 Å². The Morgan fingerprint density at radius 3 is 3.00 bits per heavy atom. The van der Waals surface area contributed by atoms with Crippen molar-refractivity contribution in [2.24, 2.45) is 0 Å². The molecule has 0 aliphatic heterocycles. The molecule has 0 aliphatic rings. The lowest BCUT2D eigenvalue weighted by Gasteiger charge is -1.91. The van der Waals surface area contributed by atoms with Crippen molar-refractivity contribution in [3.05, 3.63) is 29.9 Å². The van der Waals surface area contributed by atoms with E-state index in [1.54, 1.807) is 6.07 Å². The van der Waals surface area contributed by atoms with E-state index in [9.17, 15) is 9.18 Å². The van der Waals surface area contributed by atoms with E-state index in [1.807, 2.05) is 0 Å². The Kier molecular flexibility index (Phi) is 1.77. The first-order chi connectivity index (χ1) is 6.18. The summed E-state index contributed by atoms with van der Waals surface area (Å²) >= 11 is 5.24. The Balaban J connectivity index is 2.82. The van der Waals surface area contributed by atoms with Gasteiger partial charge in [-0.3, -0.25) is 4.79 Å². The normalized spacial score (nSPS) is 10.6. The Hall–Kier alpha value is -1.42. The van der Waals surface area contributed by atoms with Crippen LogP contribution in [0.2, 0.25) is 0 Å². The van der Waals surface area contributed by atoms with Crippen LogP contribution in [0.4, 0.5) is 4.39 Å². The Labute approximate surface area is 77.1 Å². The third kappa shape index (κ3) is 1.29. The highest BCUT2D eigenvalue weighted by molar-refractivity contribution is 6.68. The third-order valence-corrected chi connectivity index (χ3v) is 1.80. The summed E-state index contributed by atoms with van der Waals surface area (Å²) in [5.74, 6) is 0. The van der Waals surface area contributed by atoms with Crippen molar-refractivity contribution in [1.29, 1.82) is 0 Å². The monoisotopic (exact) mass is 199 g/mol. The average Bonchev–Trinajstić information content (AvgIpc) is 2.43. The molecule has 3 nitrogen and oxygen atoms in total. The van der Waals surface area contributed by atoms with E-state index >= 15 is 0 Å². The van der Waals surface area contributed by atoms with Gasteiger partial charge in [0.05, 0.1) is 5.56 Å². The fourth-order valence-electron chi connectivity index (χ4n) is 1.08. The van der Waals surface area contributed by atoms with Crippen molar-refractivity contribution in [2.45, 2.75) is 0 Å². The van der Waals surface area contributed by atoms with Crippen molar-refractivity contribution >= 4 is 27.9 Å². The minimum atomic E-state index is -0.972. The number of oxazole rings is 1. The number of fused-ring (bicyclic) bond motifs is 1. The molecule has 0 atom stereocenters. The smallest absolute Gasteiger partial charge is 0.382 e. The standard InChI is InChI=1S/C8H3ClFNO2/c9-7(12)4-2-1-3-5-6(4)13-8(10)11-5/h1-3H. The van der Waals surface area contributed by atoms with Gasteiger partial charge in [-0.15, -0.1) is 4.39 Å². The lowest BCUT2D eigenvalue weighted by molar-refractivity contribution is 0.108. The van der Waals surface area contributed by atoms with Crippen LogP contribution in [-0.2, 0) is 0 Å². The Bertz CT molecular complexity index is 480. The van der Waals surface area contributed by atoms with E-state index in [4.69, 9.17) is 11.6 Å². The van der Waals surface area contributed by atoms with Gasteiger partial charge in [0.2, 0.25) is 0 Å². The molecule has 1 aromatic heterocycles. The molecule has 1 heterocycles. The second kappa shape index (κ2) is 2.81. The van der Waals surface area contributed by atoms with Crippen molar-refractivity contribution < 1.29 is 13.6 Å². The number of para-hydroxylation sites is 1. The van der Waals surface area contributed by atoms with Crippen LogP contribution >= 0.6 is 11.6 Å². The summed E-state index contributed by atoms with van der Waals surface area (Å²) in [6, 6.07) is 4.54. The molecule has 2 rings (SSSR count). The Morgan fingerprint density at radius 2 is 2.31 bits per heavy atom. The number of carbonyl (C=O) groups is 1. The molecule has 0 spiro atoms. The molecule has 0 saturated heterocycles. The second-order valence-corrected chi connectivity index (χ2v) is 2.74. The van der Waals surface area contributed by atoms with E-state index in [-0.39, 0.29) is 16.7 Å². The minimum absolute atomic E-state index is 0.0833. The summed E-state index contributed by atoms with van der Waals surface area (Å²) in [6.45, 7) is 0. The van der Waals surface area contributed by atoms with Gasteiger partial charge in [0.15, 0.2) is 5.58 Å². The van der Waals surface area contributed by atoms with Gasteiger partial charge in [0.1, 0.15) is 5.52 Å². The molecular weight excluding hydrogens is 197 g/mol. The minimum Gasteiger partial charge on any atom is -0.414 e. The number of benzene rings is 1. The largest absolute Gasteiger partial charge is 0.414 e. The zero-order chi connectivity index (χ0) is 9.42. The van der Waals surface area contributed by atoms with Crippen LogP contribution in [0.15, 0.2) is 22.6 Å². The summed E-state index contributed by atoms with van der Waals surface area (Å²) in [6.07, 6.45) is -0.972. The molecule has 0 unspecified atom stereocenters. The molecule has 0 amide bonds. The lowest BCUT2D eigenvalue weighted by Crippen LogP contribution is -1.87. The molecule has 0 N–H and O–H groups in total. The summed E-state index contributed by atoms with van der Waals surface area (Å²) in [4.78, 5) is 14.2. The van der Waals surface area contributed by atoms with Crippen molar-refractivity contribution in [3.63, 3.8) is 0 Å². The number of carbonyl (C=O) groups excluding carboxylic acids is 1. The van der Waals surface area contributed by atoms with Gasteiger partial charge < -0.3 is 4.42 Å². The van der Waals surface area contributed by atoms with Gasteiger partial charge >= 0.3 is 6.14 Å². The maximum absolute atomic E-state index is 12.5. The molecule has 5 heteroatoms. The van der Waals surface area contributed by atoms with Gasteiger partial charge in [0.25, 0.3) is 5.24 Å². The predicted octanol–water partition coefficient (Wildman–Crippen LogP) is 2.35. The molecular formula is C8H3ClFNO2. The van der Waals surface area contributed by atoms with Crippen molar-refractivity contribution in [1.82, 2.24) is 4.98 Å². The van der Waals surface area contributed by atoms with Crippen LogP contribution in [0.1, 0.15) is 10.4 Å². The highest BCUT2D eigenvalue weighted by Crippen LogP contribution is 2.20. The first-order valence-electron chi connectivity index (χ1n) is 3.43. The van der Waals surface area contributed by atoms with E-state index in [1.165, 1.54) is 12.1 Å². The number of aromatic nitrogens is 1. The van der Waals surface area contributed by atoms with Crippen LogP contribution in [0, 0.1) is 6.14 Å². The fourth-order valence-corrected chi connectivity index (χ4v) is 1.23. The van der Waals surface area contributed by atoms with Crippen LogP contribution < -0.4 is 0 Å². The van der Waals surface area contributed by atoms with Gasteiger partial charge in [-0.25, -0.2) is 0 Å². The van der Waals surface area contributed by atoms with E-state index in [0.29, 0.717) is 0 Å². The van der Waals surface area contributed by atoms with Crippen LogP contribution in [-0.4, -0.2) is 10.2 Å². The van der Waals surface area contributed by atoms with Crippen LogP contribution in [0.3, 0.4) is 0 Å². The van der Waals surface area contributed by atoms with Gasteiger partial charge in [0, 0.05) is 0 Å². The molecule has 0 bridgehead atoms. The molecule has 0 radical (unpaired) electrons. The first-order valence-corrected chi connectivity index (χ1v) is 3.81. The SMILES string of the molecule is O=C(Cl)c1cccc2nc(F)oc12. The van der Waals surface area contributed by atoms with Gasteiger partial charge in [-0.2, -0.15) is 4.98 Å². The number of hydrogen-bond acceptors (Lipinski definition) is 3. The molecule has 0 fully saturated rings.